The van der Waals surface area contributed by atoms with E-state index in [1.807, 2.05) is 36.4 Å². The molecule has 1 amide bonds. The van der Waals surface area contributed by atoms with Gasteiger partial charge in [-0.3, -0.25) is 4.79 Å². The number of amides is 1. The first-order valence-electron chi connectivity index (χ1n) is 12.1. The number of halogens is 1. The number of nitriles is 1. The van der Waals surface area contributed by atoms with Gasteiger partial charge in [-0.25, -0.2) is 10.2 Å². The van der Waals surface area contributed by atoms with E-state index in [4.69, 9.17) is 9.47 Å². The number of aromatic amines is 1. The van der Waals surface area contributed by atoms with Gasteiger partial charge in [-0.05, 0) is 59.7 Å². The highest BCUT2D eigenvalue weighted by Crippen LogP contribution is 2.34. The molecule has 0 saturated carbocycles. The second-order valence-electron chi connectivity index (χ2n) is 8.59. The number of methoxy groups -OCH3 is 1. The normalized spacial score (nSPS) is 10.8. The van der Waals surface area contributed by atoms with E-state index in [0.717, 1.165) is 15.4 Å². The molecule has 40 heavy (non-hydrogen) atoms. The van der Waals surface area contributed by atoms with E-state index in [1.54, 1.807) is 54.6 Å². The Kier molecular flexibility index (Phi) is 7.71. The van der Waals surface area contributed by atoms with Crippen molar-refractivity contribution in [2.75, 3.05) is 7.11 Å². The first-order chi connectivity index (χ1) is 19.5. The van der Waals surface area contributed by atoms with Crippen LogP contribution in [-0.4, -0.2) is 30.2 Å². The number of nitrogens with zero attached hydrogens (tertiary/aromatic N) is 2. The molecule has 1 aromatic heterocycles. The minimum atomic E-state index is -0.522. The second kappa shape index (κ2) is 11.7. The number of benzene rings is 4. The number of rotatable bonds is 7. The summed E-state index contributed by atoms with van der Waals surface area (Å²) in [5.74, 6) is -0.420. The van der Waals surface area contributed by atoms with Crippen molar-refractivity contribution >= 4 is 44.9 Å². The van der Waals surface area contributed by atoms with Crippen LogP contribution in [-0.2, 0) is 0 Å². The van der Waals surface area contributed by atoms with Gasteiger partial charge < -0.3 is 14.5 Å². The van der Waals surface area contributed by atoms with Crippen LogP contribution in [0.5, 0.6) is 11.5 Å². The van der Waals surface area contributed by atoms with Gasteiger partial charge in [0.15, 0.2) is 11.5 Å². The number of carbonyl (C=O) groups is 2. The predicted molar refractivity (Wildman–Crippen MR) is 156 cm³/mol. The number of nitrogens with one attached hydrogen (secondary N) is 2. The fourth-order valence-corrected chi connectivity index (χ4v) is 4.46. The number of fused-ring (bicyclic) bond motifs is 1. The molecule has 0 aliphatic heterocycles. The van der Waals surface area contributed by atoms with Crippen LogP contribution < -0.4 is 14.9 Å². The number of hydrogen-bond acceptors (Lipinski definition) is 6. The number of hydrazone groups is 1. The Bertz CT molecular complexity index is 1790. The maximum atomic E-state index is 13.2. The van der Waals surface area contributed by atoms with Crippen molar-refractivity contribution < 1.29 is 19.1 Å². The molecule has 4 aromatic carbocycles. The highest BCUT2D eigenvalue weighted by molar-refractivity contribution is 9.10. The molecule has 0 unspecified atom stereocenters. The highest BCUT2D eigenvalue weighted by atomic mass is 79.9. The molecular weight excluding hydrogens is 572 g/mol. The number of esters is 1. The third-order valence-electron chi connectivity index (χ3n) is 6.09. The van der Waals surface area contributed by atoms with Gasteiger partial charge in [0.1, 0.15) is 11.8 Å². The fourth-order valence-electron chi connectivity index (χ4n) is 4.20. The van der Waals surface area contributed by atoms with E-state index in [-0.39, 0.29) is 11.4 Å². The molecule has 5 aromatic rings. The van der Waals surface area contributed by atoms with Crippen molar-refractivity contribution in [1.82, 2.24) is 10.4 Å². The molecule has 0 spiro atoms. The van der Waals surface area contributed by atoms with Crippen LogP contribution in [0.2, 0.25) is 0 Å². The molecule has 0 radical (unpaired) electrons. The largest absolute Gasteiger partial charge is 0.493 e. The lowest BCUT2D eigenvalue weighted by Gasteiger charge is -2.10. The zero-order chi connectivity index (χ0) is 28.1. The molecule has 0 aliphatic carbocycles. The molecule has 0 atom stereocenters. The van der Waals surface area contributed by atoms with E-state index < -0.39 is 11.9 Å². The number of H-pyrrole nitrogens is 1. The number of para-hydroxylation sites is 1. The Balaban J connectivity index is 1.36. The number of carbonyl (C=O) groups excluding carboxylic acids is 2. The van der Waals surface area contributed by atoms with E-state index in [9.17, 15) is 14.9 Å². The average molecular weight is 593 g/mol. The van der Waals surface area contributed by atoms with Crippen molar-refractivity contribution in [3.8, 4) is 28.7 Å². The Hall–Kier alpha value is -5.20. The molecule has 0 fully saturated rings. The summed E-state index contributed by atoms with van der Waals surface area (Å²) in [5.41, 5.74) is 6.36. The van der Waals surface area contributed by atoms with Gasteiger partial charge in [-0.1, -0.05) is 58.4 Å². The summed E-state index contributed by atoms with van der Waals surface area (Å²) >= 11 is 3.34. The number of aromatic nitrogens is 1. The molecule has 196 valence electrons. The quantitative estimate of drug-likeness (QED) is 0.0973. The van der Waals surface area contributed by atoms with Crippen LogP contribution in [0.1, 0.15) is 32.0 Å². The van der Waals surface area contributed by atoms with Crippen LogP contribution in [0.15, 0.2) is 101 Å². The number of ether oxygens (including phenoxy) is 2. The van der Waals surface area contributed by atoms with E-state index in [0.29, 0.717) is 33.5 Å². The summed E-state index contributed by atoms with van der Waals surface area (Å²) in [5, 5.41) is 14.4. The van der Waals surface area contributed by atoms with Crippen LogP contribution in [0.3, 0.4) is 0 Å². The maximum Gasteiger partial charge on any atom is 0.343 e. The van der Waals surface area contributed by atoms with Gasteiger partial charge in [-0.15, -0.1) is 0 Å². The van der Waals surface area contributed by atoms with E-state index in [2.05, 4.69) is 37.5 Å². The minimum absolute atomic E-state index is 0.246. The summed E-state index contributed by atoms with van der Waals surface area (Å²) < 4.78 is 11.7. The first kappa shape index (κ1) is 26.4. The fraction of sp³-hybridized carbons (Fsp3) is 0.0323. The third-order valence-corrected chi connectivity index (χ3v) is 6.62. The standard InChI is InChI=1S/C31H21BrN4O4/c1-39-26-16-19(10-15-25(26)40-31(38)21-11-13-23(32)14-12-21)18-34-36-30(37)29-27(20-6-3-2-4-7-20)24-9-5-8-22(17-33)28(24)35-29/h2-16,18,35H,1H3,(H,36,37). The first-order valence-corrected chi connectivity index (χ1v) is 12.9. The lowest BCUT2D eigenvalue weighted by atomic mass is 10.0. The van der Waals surface area contributed by atoms with Gasteiger partial charge in [0, 0.05) is 15.4 Å². The Morgan fingerprint density at radius 2 is 1.75 bits per heavy atom. The smallest absolute Gasteiger partial charge is 0.343 e. The molecule has 0 bridgehead atoms. The monoisotopic (exact) mass is 592 g/mol. The van der Waals surface area contributed by atoms with Gasteiger partial charge in [0.25, 0.3) is 5.91 Å². The molecule has 0 aliphatic rings. The van der Waals surface area contributed by atoms with E-state index in [1.165, 1.54) is 13.3 Å². The number of hydrogen-bond donors (Lipinski definition) is 2. The summed E-state index contributed by atoms with van der Waals surface area (Å²) in [6, 6.07) is 28.7. The zero-order valence-electron chi connectivity index (χ0n) is 21.1. The lowest BCUT2D eigenvalue weighted by Crippen LogP contribution is -2.18. The maximum absolute atomic E-state index is 13.2. The summed E-state index contributed by atoms with van der Waals surface area (Å²) in [7, 11) is 1.46. The van der Waals surface area contributed by atoms with Crippen molar-refractivity contribution in [3.63, 3.8) is 0 Å². The molecule has 5 rings (SSSR count). The Morgan fingerprint density at radius 3 is 2.48 bits per heavy atom. The molecule has 0 saturated heterocycles. The minimum Gasteiger partial charge on any atom is -0.493 e. The van der Waals surface area contributed by atoms with Crippen molar-refractivity contribution in [1.29, 1.82) is 5.26 Å². The van der Waals surface area contributed by atoms with E-state index >= 15 is 0 Å². The Labute approximate surface area is 238 Å². The average Bonchev–Trinajstić information content (AvgIpc) is 3.38. The second-order valence-corrected chi connectivity index (χ2v) is 9.50. The molecule has 2 N–H and O–H groups in total. The topological polar surface area (TPSA) is 117 Å². The Morgan fingerprint density at radius 1 is 0.975 bits per heavy atom. The predicted octanol–water partition coefficient (Wildman–Crippen LogP) is 6.46. The molecule has 8 nitrogen and oxygen atoms in total. The molecular formula is C31H21BrN4O4. The van der Waals surface area contributed by atoms with Gasteiger partial charge in [0.05, 0.1) is 30.0 Å². The lowest BCUT2D eigenvalue weighted by molar-refractivity contribution is 0.0729. The van der Waals surface area contributed by atoms with Crippen molar-refractivity contribution in [3.05, 3.63) is 118 Å². The van der Waals surface area contributed by atoms with Gasteiger partial charge >= 0.3 is 5.97 Å². The summed E-state index contributed by atoms with van der Waals surface area (Å²) in [6.07, 6.45) is 1.45. The SMILES string of the molecule is COc1cc(C=NNC(=O)c2[nH]c3c(C#N)cccc3c2-c2ccccc2)ccc1OC(=O)c1ccc(Br)cc1. The van der Waals surface area contributed by atoms with Crippen LogP contribution in [0, 0.1) is 11.3 Å². The highest BCUT2D eigenvalue weighted by Gasteiger charge is 2.20. The van der Waals surface area contributed by atoms with Crippen molar-refractivity contribution in [2.45, 2.75) is 0 Å². The third kappa shape index (κ3) is 5.48. The van der Waals surface area contributed by atoms with Crippen LogP contribution in [0.4, 0.5) is 0 Å². The van der Waals surface area contributed by atoms with Gasteiger partial charge in [-0.2, -0.15) is 10.4 Å². The van der Waals surface area contributed by atoms with Gasteiger partial charge in [0.2, 0.25) is 0 Å². The van der Waals surface area contributed by atoms with Crippen LogP contribution in [0.25, 0.3) is 22.0 Å². The molecule has 1 heterocycles. The van der Waals surface area contributed by atoms with Crippen LogP contribution >= 0.6 is 15.9 Å². The van der Waals surface area contributed by atoms with Crippen molar-refractivity contribution in [2.24, 2.45) is 5.10 Å². The summed E-state index contributed by atoms with van der Waals surface area (Å²) in [4.78, 5) is 28.8. The summed E-state index contributed by atoms with van der Waals surface area (Å²) in [6.45, 7) is 0. The molecule has 9 heteroatoms. The zero-order valence-corrected chi connectivity index (χ0v) is 22.7.